The quantitative estimate of drug-likeness (QED) is 0.512. The topological polar surface area (TPSA) is 87.7 Å². The summed E-state index contributed by atoms with van der Waals surface area (Å²) in [5.74, 6) is 0.241. The van der Waals surface area contributed by atoms with Crippen molar-refractivity contribution in [1.29, 1.82) is 0 Å². The number of nitrogens with one attached hydrogen (secondary N) is 2. The van der Waals surface area contributed by atoms with Crippen LogP contribution in [-0.2, 0) is 14.9 Å². The molecule has 0 saturated heterocycles. The Morgan fingerprint density at radius 1 is 1.27 bits per heavy atom. The van der Waals surface area contributed by atoms with E-state index in [-0.39, 0.29) is 19.1 Å². The third-order valence-electron chi connectivity index (χ3n) is 1.55. The summed E-state index contributed by atoms with van der Waals surface area (Å²) in [4.78, 5) is 0. The molecule has 0 aliphatic rings. The maximum Gasteiger partial charge on any atom is 0.277 e. The van der Waals surface area contributed by atoms with Crippen LogP contribution in [-0.4, -0.2) is 46.4 Å². The van der Waals surface area contributed by atoms with Crippen LogP contribution in [0.4, 0.5) is 0 Å². The van der Waals surface area contributed by atoms with Gasteiger partial charge in [-0.1, -0.05) is 13.8 Å². The summed E-state index contributed by atoms with van der Waals surface area (Å²) in [7, 11) is -2.07. The molecule has 0 heterocycles. The lowest BCUT2D eigenvalue weighted by molar-refractivity contribution is 0.0678. The van der Waals surface area contributed by atoms with Crippen LogP contribution in [0, 0.1) is 5.92 Å². The third-order valence-corrected chi connectivity index (χ3v) is 2.64. The summed E-state index contributed by atoms with van der Waals surface area (Å²) in [6.45, 7) is 4.23. The molecule has 0 aromatic carbocycles. The lowest BCUT2D eigenvalue weighted by Gasteiger charge is -2.12. The van der Waals surface area contributed by atoms with Crippen LogP contribution in [0.15, 0.2) is 0 Å². The van der Waals surface area contributed by atoms with Crippen molar-refractivity contribution in [2.45, 2.75) is 20.0 Å². The summed E-state index contributed by atoms with van der Waals surface area (Å²) >= 11 is 0. The van der Waals surface area contributed by atoms with E-state index in [1.807, 2.05) is 13.8 Å². The Kier molecular flexibility index (Phi) is 7.03. The summed E-state index contributed by atoms with van der Waals surface area (Å²) in [6, 6.07) is 0. The van der Waals surface area contributed by atoms with Gasteiger partial charge in [0.1, 0.15) is 0 Å². The van der Waals surface area contributed by atoms with E-state index in [1.165, 1.54) is 7.11 Å². The molecule has 0 aliphatic heterocycles. The number of ether oxygens (including phenoxy) is 1. The van der Waals surface area contributed by atoms with Crippen molar-refractivity contribution in [2.75, 3.05) is 26.8 Å². The monoisotopic (exact) mass is 240 g/mol. The van der Waals surface area contributed by atoms with Gasteiger partial charge in [-0.3, -0.25) is 0 Å². The molecular formula is C8H20N2O4S. The Balaban J connectivity index is 3.83. The van der Waals surface area contributed by atoms with Gasteiger partial charge in [0.25, 0.3) is 10.2 Å². The van der Waals surface area contributed by atoms with Crippen LogP contribution in [0.5, 0.6) is 0 Å². The lowest BCUT2D eigenvalue weighted by Crippen LogP contribution is -2.42. The van der Waals surface area contributed by atoms with E-state index in [0.29, 0.717) is 6.54 Å². The normalized spacial score (nSPS) is 14.5. The van der Waals surface area contributed by atoms with Crippen molar-refractivity contribution >= 4 is 10.2 Å². The largest absolute Gasteiger partial charge is 0.389 e. The molecule has 0 aromatic rings. The number of aliphatic hydroxyl groups is 1. The molecule has 1 atom stereocenters. The highest BCUT2D eigenvalue weighted by atomic mass is 32.2. The average Bonchev–Trinajstić information content (AvgIpc) is 2.13. The number of aliphatic hydroxyl groups excluding tert-OH is 1. The highest BCUT2D eigenvalue weighted by molar-refractivity contribution is 7.87. The standard InChI is InChI=1S/C8H20N2O4S/c1-7(2)4-9-15(12,13)10-5-8(11)6-14-3/h7-11H,4-6H2,1-3H3. The van der Waals surface area contributed by atoms with E-state index in [4.69, 9.17) is 0 Å². The molecule has 0 bridgehead atoms. The maximum absolute atomic E-state index is 11.3. The van der Waals surface area contributed by atoms with Crippen LogP contribution in [0.1, 0.15) is 13.8 Å². The molecule has 15 heavy (non-hydrogen) atoms. The number of methoxy groups -OCH3 is 1. The Morgan fingerprint density at radius 3 is 2.27 bits per heavy atom. The molecular weight excluding hydrogens is 220 g/mol. The summed E-state index contributed by atoms with van der Waals surface area (Å²) < 4.78 is 31.8. The van der Waals surface area contributed by atoms with Crippen LogP contribution in [0.3, 0.4) is 0 Å². The second-order valence-electron chi connectivity index (χ2n) is 3.70. The second-order valence-corrected chi connectivity index (χ2v) is 5.29. The smallest absolute Gasteiger partial charge is 0.277 e. The predicted molar refractivity (Wildman–Crippen MR) is 57.6 cm³/mol. The fraction of sp³-hybridized carbons (Fsp3) is 1.00. The highest BCUT2D eigenvalue weighted by Gasteiger charge is 2.12. The van der Waals surface area contributed by atoms with E-state index in [9.17, 15) is 13.5 Å². The zero-order valence-corrected chi connectivity index (χ0v) is 10.2. The summed E-state index contributed by atoms with van der Waals surface area (Å²) in [5, 5.41) is 9.21. The second kappa shape index (κ2) is 7.13. The molecule has 0 aromatic heterocycles. The van der Waals surface area contributed by atoms with Gasteiger partial charge in [0, 0.05) is 20.2 Å². The van der Waals surface area contributed by atoms with Gasteiger partial charge in [0.05, 0.1) is 12.7 Å². The Bertz CT molecular complexity index is 253. The molecule has 0 rings (SSSR count). The maximum atomic E-state index is 11.3. The van der Waals surface area contributed by atoms with Crippen molar-refractivity contribution in [3.05, 3.63) is 0 Å². The van der Waals surface area contributed by atoms with Crippen LogP contribution >= 0.6 is 0 Å². The zero-order valence-electron chi connectivity index (χ0n) is 9.36. The van der Waals surface area contributed by atoms with E-state index in [2.05, 4.69) is 14.2 Å². The van der Waals surface area contributed by atoms with Gasteiger partial charge in [0.15, 0.2) is 0 Å². The zero-order chi connectivity index (χ0) is 11.9. The molecule has 1 unspecified atom stereocenters. The molecule has 92 valence electrons. The van der Waals surface area contributed by atoms with Crippen molar-refractivity contribution in [1.82, 2.24) is 9.44 Å². The molecule has 0 saturated carbocycles. The molecule has 0 spiro atoms. The van der Waals surface area contributed by atoms with Crippen molar-refractivity contribution < 1.29 is 18.3 Å². The average molecular weight is 240 g/mol. The van der Waals surface area contributed by atoms with Crippen LogP contribution in [0.2, 0.25) is 0 Å². The Morgan fingerprint density at radius 2 is 1.80 bits per heavy atom. The van der Waals surface area contributed by atoms with Gasteiger partial charge in [-0.25, -0.2) is 4.72 Å². The SMILES string of the molecule is COCC(O)CNS(=O)(=O)NCC(C)C. The Hall–Kier alpha value is -0.210. The van der Waals surface area contributed by atoms with Crippen LogP contribution < -0.4 is 9.44 Å². The van der Waals surface area contributed by atoms with E-state index in [0.717, 1.165) is 0 Å². The first-order chi connectivity index (χ1) is 6.87. The predicted octanol–water partition coefficient (Wildman–Crippen LogP) is -0.926. The fourth-order valence-electron chi connectivity index (χ4n) is 0.785. The minimum atomic E-state index is -3.51. The third kappa shape index (κ3) is 8.76. The summed E-state index contributed by atoms with van der Waals surface area (Å²) in [5.41, 5.74) is 0. The first kappa shape index (κ1) is 14.8. The fourth-order valence-corrected chi connectivity index (χ4v) is 1.85. The lowest BCUT2D eigenvalue weighted by atomic mass is 10.2. The molecule has 7 heteroatoms. The van der Waals surface area contributed by atoms with E-state index in [1.54, 1.807) is 0 Å². The number of hydrogen-bond acceptors (Lipinski definition) is 4. The van der Waals surface area contributed by atoms with Crippen LogP contribution in [0.25, 0.3) is 0 Å². The Labute approximate surface area is 91.2 Å². The van der Waals surface area contributed by atoms with Crippen molar-refractivity contribution in [2.24, 2.45) is 5.92 Å². The van der Waals surface area contributed by atoms with Gasteiger partial charge in [0.2, 0.25) is 0 Å². The molecule has 0 amide bonds. The van der Waals surface area contributed by atoms with Crippen molar-refractivity contribution in [3.63, 3.8) is 0 Å². The minimum absolute atomic E-state index is 0.0543. The molecule has 3 N–H and O–H groups in total. The first-order valence-electron chi connectivity index (χ1n) is 4.78. The highest BCUT2D eigenvalue weighted by Crippen LogP contribution is 1.89. The van der Waals surface area contributed by atoms with Gasteiger partial charge in [-0.05, 0) is 5.92 Å². The number of hydrogen-bond donors (Lipinski definition) is 3. The number of rotatable bonds is 8. The minimum Gasteiger partial charge on any atom is -0.389 e. The van der Waals surface area contributed by atoms with E-state index < -0.39 is 16.3 Å². The van der Waals surface area contributed by atoms with E-state index >= 15 is 0 Å². The summed E-state index contributed by atoms with van der Waals surface area (Å²) in [6.07, 6.45) is -0.828. The van der Waals surface area contributed by atoms with Crippen molar-refractivity contribution in [3.8, 4) is 0 Å². The molecule has 0 fully saturated rings. The van der Waals surface area contributed by atoms with Gasteiger partial charge >= 0.3 is 0 Å². The van der Waals surface area contributed by atoms with Gasteiger partial charge < -0.3 is 9.84 Å². The van der Waals surface area contributed by atoms with Gasteiger partial charge in [-0.15, -0.1) is 0 Å². The molecule has 0 aliphatic carbocycles. The molecule has 6 nitrogen and oxygen atoms in total. The molecule has 0 radical (unpaired) electrons. The first-order valence-corrected chi connectivity index (χ1v) is 6.27. The van der Waals surface area contributed by atoms with Gasteiger partial charge in [-0.2, -0.15) is 13.1 Å².